The summed E-state index contributed by atoms with van der Waals surface area (Å²) in [5.74, 6) is 0.784. The molecule has 1 aromatic rings. The van der Waals surface area contributed by atoms with Gasteiger partial charge in [0.05, 0.1) is 6.04 Å². The van der Waals surface area contributed by atoms with E-state index in [4.69, 9.17) is 11.6 Å². The molecule has 0 bridgehead atoms. The first-order chi connectivity index (χ1) is 9.15. The molecule has 1 aromatic carbocycles. The standard InChI is InChI=1S/C15H21ClN2O/c1-11(13-3-2-4-14(16)9-13)18-15(19)6-5-12-7-8-17-10-12/h2-4,9,11-12,17H,5-8,10H2,1H3,(H,18,19)/t11-,12?/m0/s1. The number of hydrogen-bond donors (Lipinski definition) is 2. The number of carbonyl (C=O) groups excluding carboxylic acids is 1. The summed E-state index contributed by atoms with van der Waals surface area (Å²) in [6.45, 7) is 4.13. The second-order valence-corrected chi connectivity index (χ2v) is 5.68. The molecule has 19 heavy (non-hydrogen) atoms. The lowest BCUT2D eigenvalue weighted by Crippen LogP contribution is -2.27. The zero-order valence-corrected chi connectivity index (χ0v) is 12.0. The third-order valence-electron chi connectivity index (χ3n) is 3.67. The summed E-state index contributed by atoms with van der Waals surface area (Å²) in [7, 11) is 0. The second kappa shape index (κ2) is 6.92. The molecule has 104 valence electrons. The topological polar surface area (TPSA) is 41.1 Å². The lowest BCUT2D eigenvalue weighted by atomic mass is 10.0. The van der Waals surface area contributed by atoms with Crippen molar-refractivity contribution in [2.75, 3.05) is 13.1 Å². The van der Waals surface area contributed by atoms with Gasteiger partial charge in [0.25, 0.3) is 0 Å². The van der Waals surface area contributed by atoms with Crippen LogP contribution in [-0.2, 0) is 4.79 Å². The quantitative estimate of drug-likeness (QED) is 0.871. The van der Waals surface area contributed by atoms with E-state index >= 15 is 0 Å². The van der Waals surface area contributed by atoms with Crippen molar-refractivity contribution in [2.45, 2.75) is 32.2 Å². The molecule has 1 aliphatic heterocycles. The first-order valence-corrected chi connectivity index (χ1v) is 7.28. The maximum absolute atomic E-state index is 11.9. The van der Waals surface area contributed by atoms with Crippen molar-refractivity contribution in [3.05, 3.63) is 34.9 Å². The Morgan fingerprint density at radius 1 is 1.58 bits per heavy atom. The van der Waals surface area contributed by atoms with Crippen LogP contribution < -0.4 is 10.6 Å². The predicted octanol–water partition coefficient (Wildman–Crippen LogP) is 2.91. The van der Waals surface area contributed by atoms with Gasteiger partial charge in [-0.15, -0.1) is 0 Å². The summed E-state index contributed by atoms with van der Waals surface area (Å²) >= 11 is 5.95. The highest BCUT2D eigenvalue weighted by Gasteiger charge is 2.16. The summed E-state index contributed by atoms with van der Waals surface area (Å²) in [5, 5.41) is 7.06. The van der Waals surface area contributed by atoms with E-state index in [0.29, 0.717) is 17.4 Å². The third-order valence-corrected chi connectivity index (χ3v) is 3.90. The van der Waals surface area contributed by atoms with E-state index < -0.39 is 0 Å². The lowest BCUT2D eigenvalue weighted by Gasteiger charge is -2.15. The monoisotopic (exact) mass is 280 g/mol. The Bertz CT molecular complexity index is 430. The zero-order chi connectivity index (χ0) is 13.7. The predicted molar refractivity (Wildman–Crippen MR) is 78.2 cm³/mol. The Kier molecular flexibility index (Phi) is 5.23. The molecule has 1 aliphatic rings. The molecule has 0 aromatic heterocycles. The molecule has 2 rings (SSSR count). The van der Waals surface area contributed by atoms with E-state index in [2.05, 4.69) is 10.6 Å². The molecule has 2 N–H and O–H groups in total. The van der Waals surface area contributed by atoms with Crippen molar-refractivity contribution in [2.24, 2.45) is 5.92 Å². The minimum Gasteiger partial charge on any atom is -0.350 e. The maximum Gasteiger partial charge on any atom is 0.220 e. The number of amides is 1. The van der Waals surface area contributed by atoms with Crippen LogP contribution in [0, 0.1) is 5.92 Å². The molecule has 1 saturated heterocycles. The van der Waals surface area contributed by atoms with Crippen LogP contribution in [0.15, 0.2) is 24.3 Å². The summed E-state index contributed by atoms with van der Waals surface area (Å²) in [5.41, 5.74) is 1.04. The van der Waals surface area contributed by atoms with Gasteiger partial charge < -0.3 is 10.6 Å². The molecule has 1 amide bonds. The van der Waals surface area contributed by atoms with Crippen LogP contribution in [0.5, 0.6) is 0 Å². The maximum atomic E-state index is 11.9. The number of nitrogens with one attached hydrogen (secondary N) is 2. The number of halogens is 1. The van der Waals surface area contributed by atoms with Crippen LogP contribution in [0.25, 0.3) is 0 Å². The normalized spacial score (nSPS) is 20.2. The van der Waals surface area contributed by atoms with Crippen molar-refractivity contribution >= 4 is 17.5 Å². The van der Waals surface area contributed by atoms with Gasteiger partial charge in [-0.05, 0) is 56.5 Å². The molecule has 2 atom stereocenters. The van der Waals surface area contributed by atoms with Gasteiger partial charge in [-0.25, -0.2) is 0 Å². The molecule has 0 saturated carbocycles. The second-order valence-electron chi connectivity index (χ2n) is 5.24. The molecule has 1 fully saturated rings. The fourth-order valence-corrected chi connectivity index (χ4v) is 2.67. The Morgan fingerprint density at radius 3 is 3.11 bits per heavy atom. The van der Waals surface area contributed by atoms with Crippen molar-refractivity contribution in [1.82, 2.24) is 10.6 Å². The molecule has 0 radical (unpaired) electrons. The first kappa shape index (κ1) is 14.4. The number of hydrogen-bond acceptors (Lipinski definition) is 2. The zero-order valence-electron chi connectivity index (χ0n) is 11.3. The SMILES string of the molecule is C[C@H](NC(=O)CCC1CCNC1)c1cccc(Cl)c1. The van der Waals surface area contributed by atoms with Crippen LogP contribution in [0.4, 0.5) is 0 Å². The van der Waals surface area contributed by atoms with Crippen molar-refractivity contribution in [3.8, 4) is 0 Å². The number of carbonyl (C=O) groups is 1. The molecule has 0 aliphatic carbocycles. The minimum atomic E-state index is 0.00732. The molecule has 1 heterocycles. The van der Waals surface area contributed by atoms with E-state index in [1.54, 1.807) is 0 Å². The Morgan fingerprint density at radius 2 is 2.42 bits per heavy atom. The van der Waals surface area contributed by atoms with Crippen LogP contribution in [0.3, 0.4) is 0 Å². The van der Waals surface area contributed by atoms with E-state index in [9.17, 15) is 4.79 Å². The van der Waals surface area contributed by atoms with Crippen LogP contribution >= 0.6 is 11.6 Å². The van der Waals surface area contributed by atoms with Gasteiger partial charge in [0.15, 0.2) is 0 Å². The van der Waals surface area contributed by atoms with Crippen molar-refractivity contribution < 1.29 is 4.79 Å². The Balaban J connectivity index is 1.77. The lowest BCUT2D eigenvalue weighted by molar-refractivity contribution is -0.122. The van der Waals surface area contributed by atoms with E-state index in [1.165, 1.54) is 6.42 Å². The van der Waals surface area contributed by atoms with Gasteiger partial charge in [0, 0.05) is 11.4 Å². The fourth-order valence-electron chi connectivity index (χ4n) is 2.47. The Hall–Kier alpha value is -1.06. The Labute approximate surface area is 119 Å². The van der Waals surface area contributed by atoms with E-state index in [1.807, 2.05) is 31.2 Å². The largest absolute Gasteiger partial charge is 0.350 e. The summed E-state index contributed by atoms with van der Waals surface area (Å²) in [4.78, 5) is 11.9. The van der Waals surface area contributed by atoms with Gasteiger partial charge in [0.1, 0.15) is 0 Å². The van der Waals surface area contributed by atoms with Crippen molar-refractivity contribution in [1.29, 1.82) is 0 Å². The number of benzene rings is 1. The summed E-state index contributed by atoms with van der Waals surface area (Å²) in [6, 6.07) is 7.63. The van der Waals surface area contributed by atoms with Gasteiger partial charge in [-0.1, -0.05) is 23.7 Å². The highest BCUT2D eigenvalue weighted by atomic mass is 35.5. The molecule has 1 unspecified atom stereocenters. The first-order valence-electron chi connectivity index (χ1n) is 6.90. The number of rotatable bonds is 5. The van der Waals surface area contributed by atoms with Gasteiger partial charge >= 0.3 is 0 Å². The van der Waals surface area contributed by atoms with Gasteiger partial charge in [-0.3, -0.25) is 4.79 Å². The van der Waals surface area contributed by atoms with Crippen LogP contribution in [0.2, 0.25) is 5.02 Å². The molecule has 0 spiro atoms. The molecular formula is C15H21ClN2O. The molecular weight excluding hydrogens is 260 g/mol. The van der Waals surface area contributed by atoms with Gasteiger partial charge in [0.2, 0.25) is 5.91 Å². The average Bonchev–Trinajstić information content (AvgIpc) is 2.89. The molecule has 3 nitrogen and oxygen atoms in total. The van der Waals surface area contributed by atoms with Gasteiger partial charge in [-0.2, -0.15) is 0 Å². The summed E-state index contributed by atoms with van der Waals surface area (Å²) in [6.07, 6.45) is 2.77. The fraction of sp³-hybridized carbons (Fsp3) is 0.533. The highest BCUT2D eigenvalue weighted by Crippen LogP contribution is 2.18. The van der Waals surface area contributed by atoms with E-state index in [0.717, 1.165) is 25.1 Å². The van der Waals surface area contributed by atoms with Crippen molar-refractivity contribution in [3.63, 3.8) is 0 Å². The minimum absolute atomic E-state index is 0.00732. The molecule has 4 heteroatoms. The smallest absolute Gasteiger partial charge is 0.220 e. The average molecular weight is 281 g/mol. The third kappa shape index (κ3) is 4.51. The summed E-state index contributed by atoms with van der Waals surface area (Å²) < 4.78 is 0. The highest BCUT2D eigenvalue weighted by molar-refractivity contribution is 6.30. The van der Waals surface area contributed by atoms with E-state index in [-0.39, 0.29) is 11.9 Å². The van der Waals surface area contributed by atoms with Crippen LogP contribution in [-0.4, -0.2) is 19.0 Å². The van der Waals surface area contributed by atoms with Crippen LogP contribution in [0.1, 0.15) is 37.8 Å².